The standard InChI is InChI=1S/C16H22N2O/c1-2-17-14-10-6-7-11-15(14)18(16(17)19)12-13-8-4-3-5-9-13/h6-7,10-11,13H,2-5,8-9,12H2,1H3. The summed E-state index contributed by atoms with van der Waals surface area (Å²) in [6.07, 6.45) is 6.57. The molecule has 102 valence electrons. The molecule has 0 saturated heterocycles. The van der Waals surface area contributed by atoms with Crippen LogP contribution in [0.3, 0.4) is 0 Å². The minimum atomic E-state index is 0.161. The molecule has 2 aromatic rings. The third-order valence-corrected chi connectivity index (χ3v) is 4.41. The smallest absolute Gasteiger partial charge is 0.292 e. The molecule has 3 nitrogen and oxygen atoms in total. The Bertz CT molecular complexity index is 617. The second kappa shape index (κ2) is 5.24. The molecular weight excluding hydrogens is 236 g/mol. The van der Waals surface area contributed by atoms with Gasteiger partial charge in [-0.05, 0) is 37.8 Å². The van der Waals surface area contributed by atoms with Gasteiger partial charge in [-0.2, -0.15) is 0 Å². The maximum absolute atomic E-state index is 12.5. The van der Waals surface area contributed by atoms with Crippen molar-refractivity contribution in [2.45, 2.75) is 52.1 Å². The van der Waals surface area contributed by atoms with Gasteiger partial charge in [0, 0.05) is 13.1 Å². The molecule has 3 heteroatoms. The van der Waals surface area contributed by atoms with E-state index in [1.165, 1.54) is 32.1 Å². The fourth-order valence-electron chi connectivity index (χ4n) is 3.38. The van der Waals surface area contributed by atoms with E-state index in [2.05, 4.69) is 12.1 Å². The molecule has 1 aromatic carbocycles. The van der Waals surface area contributed by atoms with Gasteiger partial charge in [0.25, 0.3) is 0 Å². The zero-order valence-corrected chi connectivity index (χ0v) is 11.6. The van der Waals surface area contributed by atoms with Crippen molar-refractivity contribution < 1.29 is 0 Å². The first kappa shape index (κ1) is 12.5. The summed E-state index contributed by atoms with van der Waals surface area (Å²) in [5, 5.41) is 0. The lowest BCUT2D eigenvalue weighted by molar-refractivity contribution is 0.318. The van der Waals surface area contributed by atoms with Crippen molar-refractivity contribution >= 4 is 11.0 Å². The summed E-state index contributed by atoms with van der Waals surface area (Å²) in [4.78, 5) is 12.5. The Kier molecular flexibility index (Phi) is 3.45. The minimum Gasteiger partial charge on any atom is -0.292 e. The molecule has 0 aliphatic heterocycles. The molecule has 0 amide bonds. The summed E-state index contributed by atoms with van der Waals surface area (Å²) in [6.45, 7) is 3.68. The van der Waals surface area contributed by atoms with Crippen LogP contribution in [0.2, 0.25) is 0 Å². The number of rotatable bonds is 3. The monoisotopic (exact) mass is 258 g/mol. The zero-order chi connectivity index (χ0) is 13.2. The van der Waals surface area contributed by atoms with Crippen LogP contribution in [0, 0.1) is 5.92 Å². The molecule has 0 N–H and O–H groups in total. The van der Waals surface area contributed by atoms with E-state index in [0.29, 0.717) is 5.92 Å². The Balaban J connectivity index is 2.02. The zero-order valence-electron chi connectivity index (χ0n) is 11.6. The predicted octanol–water partition coefficient (Wildman–Crippen LogP) is 3.40. The summed E-state index contributed by atoms with van der Waals surface area (Å²) < 4.78 is 3.88. The molecule has 3 rings (SSSR count). The van der Waals surface area contributed by atoms with E-state index in [1.54, 1.807) is 0 Å². The molecule has 1 fully saturated rings. The highest BCUT2D eigenvalue weighted by Gasteiger charge is 2.18. The number of aromatic nitrogens is 2. The first-order chi connectivity index (χ1) is 9.31. The molecule has 19 heavy (non-hydrogen) atoms. The lowest BCUT2D eigenvalue weighted by atomic mass is 9.89. The number of hydrogen-bond acceptors (Lipinski definition) is 1. The Morgan fingerprint density at radius 2 is 1.68 bits per heavy atom. The lowest BCUT2D eigenvalue weighted by Crippen LogP contribution is -2.27. The van der Waals surface area contributed by atoms with Crippen molar-refractivity contribution in [3.8, 4) is 0 Å². The van der Waals surface area contributed by atoms with Gasteiger partial charge in [-0.1, -0.05) is 31.4 Å². The van der Waals surface area contributed by atoms with Crippen molar-refractivity contribution in [2.75, 3.05) is 0 Å². The number of aryl methyl sites for hydroxylation is 1. The maximum Gasteiger partial charge on any atom is 0.329 e. The van der Waals surface area contributed by atoms with Gasteiger partial charge in [0.05, 0.1) is 11.0 Å². The third kappa shape index (κ3) is 2.22. The van der Waals surface area contributed by atoms with Gasteiger partial charge in [0.1, 0.15) is 0 Å². The highest BCUT2D eigenvalue weighted by atomic mass is 16.1. The normalized spacial score (nSPS) is 17.1. The topological polar surface area (TPSA) is 26.9 Å². The van der Waals surface area contributed by atoms with Crippen LogP contribution in [0.15, 0.2) is 29.1 Å². The Hall–Kier alpha value is -1.51. The average Bonchev–Trinajstić information content (AvgIpc) is 2.73. The Labute approximate surface area is 113 Å². The quantitative estimate of drug-likeness (QED) is 0.829. The first-order valence-electron chi connectivity index (χ1n) is 7.49. The van der Waals surface area contributed by atoms with Crippen LogP contribution in [0.25, 0.3) is 11.0 Å². The number of imidazole rings is 1. The van der Waals surface area contributed by atoms with E-state index < -0.39 is 0 Å². The van der Waals surface area contributed by atoms with E-state index in [0.717, 1.165) is 24.1 Å². The third-order valence-electron chi connectivity index (χ3n) is 4.41. The van der Waals surface area contributed by atoms with Crippen LogP contribution in [-0.2, 0) is 13.1 Å². The summed E-state index contributed by atoms with van der Waals surface area (Å²) in [5.74, 6) is 0.683. The van der Waals surface area contributed by atoms with E-state index in [4.69, 9.17) is 0 Å². The SMILES string of the molecule is CCn1c(=O)n(CC2CCCCC2)c2ccccc21. The van der Waals surface area contributed by atoms with Crippen molar-refractivity contribution in [3.63, 3.8) is 0 Å². The fraction of sp³-hybridized carbons (Fsp3) is 0.562. The molecule has 0 spiro atoms. The van der Waals surface area contributed by atoms with Gasteiger partial charge in [0.2, 0.25) is 0 Å². The fourth-order valence-corrected chi connectivity index (χ4v) is 3.38. The summed E-state index contributed by atoms with van der Waals surface area (Å²) >= 11 is 0. The van der Waals surface area contributed by atoms with Gasteiger partial charge >= 0.3 is 5.69 Å². The van der Waals surface area contributed by atoms with Crippen molar-refractivity contribution in [1.29, 1.82) is 0 Å². The van der Waals surface area contributed by atoms with E-state index in [9.17, 15) is 4.79 Å². The number of para-hydroxylation sites is 2. The molecular formula is C16H22N2O. The van der Waals surface area contributed by atoms with Crippen molar-refractivity contribution in [2.24, 2.45) is 5.92 Å². The highest BCUT2D eigenvalue weighted by molar-refractivity contribution is 5.75. The molecule has 0 atom stereocenters. The predicted molar refractivity (Wildman–Crippen MR) is 78.4 cm³/mol. The average molecular weight is 258 g/mol. The molecule has 1 aliphatic rings. The lowest BCUT2D eigenvalue weighted by Gasteiger charge is -2.21. The van der Waals surface area contributed by atoms with E-state index in [1.807, 2.05) is 28.2 Å². The van der Waals surface area contributed by atoms with Gasteiger partial charge in [-0.3, -0.25) is 9.13 Å². The van der Waals surface area contributed by atoms with Crippen LogP contribution in [0.5, 0.6) is 0 Å². The molecule has 1 aromatic heterocycles. The molecule has 0 radical (unpaired) electrons. The van der Waals surface area contributed by atoms with Crippen molar-refractivity contribution in [3.05, 3.63) is 34.7 Å². The van der Waals surface area contributed by atoms with Gasteiger partial charge in [-0.15, -0.1) is 0 Å². The summed E-state index contributed by atoms with van der Waals surface area (Å²) in [7, 11) is 0. The van der Waals surface area contributed by atoms with Gasteiger partial charge in [-0.25, -0.2) is 4.79 Å². The van der Waals surface area contributed by atoms with Gasteiger partial charge < -0.3 is 0 Å². The number of benzene rings is 1. The second-order valence-corrected chi connectivity index (χ2v) is 5.63. The minimum absolute atomic E-state index is 0.161. The van der Waals surface area contributed by atoms with Crippen LogP contribution >= 0.6 is 0 Å². The second-order valence-electron chi connectivity index (χ2n) is 5.63. The van der Waals surface area contributed by atoms with Crippen molar-refractivity contribution in [1.82, 2.24) is 9.13 Å². The highest BCUT2D eigenvalue weighted by Crippen LogP contribution is 2.26. The molecule has 0 unspecified atom stereocenters. The van der Waals surface area contributed by atoms with Crippen LogP contribution in [0.4, 0.5) is 0 Å². The Morgan fingerprint density at radius 1 is 1.05 bits per heavy atom. The molecule has 1 heterocycles. The summed E-state index contributed by atoms with van der Waals surface area (Å²) in [6, 6.07) is 8.17. The number of fused-ring (bicyclic) bond motifs is 1. The van der Waals surface area contributed by atoms with Gasteiger partial charge in [0.15, 0.2) is 0 Å². The van der Waals surface area contributed by atoms with Crippen LogP contribution < -0.4 is 5.69 Å². The van der Waals surface area contributed by atoms with E-state index in [-0.39, 0.29) is 5.69 Å². The number of hydrogen-bond donors (Lipinski definition) is 0. The Morgan fingerprint density at radius 3 is 2.32 bits per heavy atom. The van der Waals surface area contributed by atoms with Crippen LogP contribution in [-0.4, -0.2) is 9.13 Å². The first-order valence-corrected chi connectivity index (χ1v) is 7.49. The maximum atomic E-state index is 12.5. The summed E-state index contributed by atoms with van der Waals surface area (Å²) in [5.41, 5.74) is 2.33. The molecule has 0 bridgehead atoms. The molecule has 1 saturated carbocycles. The van der Waals surface area contributed by atoms with Crippen LogP contribution in [0.1, 0.15) is 39.0 Å². The number of nitrogens with zero attached hydrogens (tertiary/aromatic N) is 2. The molecule has 1 aliphatic carbocycles. The van der Waals surface area contributed by atoms with E-state index >= 15 is 0 Å². The largest absolute Gasteiger partial charge is 0.329 e.